The van der Waals surface area contributed by atoms with Crippen LogP contribution in [-0.2, 0) is 19.5 Å². The van der Waals surface area contributed by atoms with Crippen molar-refractivity contribution in [2.45, 2.75) is 58.3 Å². The van der Waals surface area contributed by atoms with Gasteiger partial charge in [-0.2, -0.15) is 0 Å². The molecule has 3 aromatic rings. The molecule has 1 fully saturated rings. The van der Waals surface area contributed by atoms with Gasteiger partial charge in [0.1, 0.15) is 17.3 Å². The molecule has 0 radical (unpaired) electrons. The summed E-state index contributed by atoms with van der Waals surface area (Å²) in [7, 11) is 3.59. The maximum atomic E-state index is 13.0. The zero-order valence-electron chi connectivity index (χ0n) is 18.6. The van der Waals surface area contributed by atoms with Crippen molar-refractivity contribution in [1.29, 1.82) is 0 Å². The van der Waals surface area contributed by atoms with E-state index in [0.717, 1.165) is 60.9 Å². The molecule has 2 aliphatic rings. The monoisotopic (exact) mass is 419 g/mol. The number of carbonyl (C=O) groups is 1. The van der Waals surface area contributed by atoms with Gasteiger partial charge in [-0.05, 0) is 26.7 Å². The Balaban J connectivity index is 1.57. The van der Waals surface area contributed by atoms with Crippen LogP contribution in [0.25, 0.3) is 11.4 Å². The van der Waals surface area contributed by atoms with E-state index in [1.807, 2.05) is 32.0 Å². The number of nitrogens with zero attached hydrogens (tertiary/aromatic N) is 5. The molecule has 7 nitrogen and oxygen atoms in total. The first-order valence-corrected chi connectivity index (χ1v) is 11.0. The molecule has 2 aromatic heterocycles. The van der Waals surface area contributed by atoms with Crippen LogP contribution in [0.5, 0.6) is 0 Å². The van der Waals surface area contributed by atoms with Crippen molar-refractivity contribution in [2.75, 3.05) is 14.1 Å². The topological polar surface area (TPSA) is 67.4 Å². The summed E-state index contributed by atoms with van der Waals surface area (Å²) in [6, 6.07) is 11.0. The summed E-state index contributed by atoms with van der Waals surface area (Å²) in [4.78, 5) is 22.1. The van der Waals surface area contributed by atoms with Crippen LogP contribution in [0.3, 0.4) is 0 Å². The first kappa shape index (κ1) is 20.0. The third-order valence-electron chi connectivity index (χ3n) is 6.83. The predicted molar refractivity (Wildman–Crippen MR) is 118 cm³/mol. The number of hydrogen-bond acceptors (Lipinski definition) is 5. The number of carbonyl (C=O) groups excluding carboxylic acids is 1. The molecule has 2 aliphatic heterocycles. The van der Waals surface area contributed by atoms with Crippen molar-refractivity contribution >= 4 is 5.91 Å². The number of fused-ring (bicyclic) bond motifs is 3. The first-order valence-electron chi connectivity index (χ1n) is 11.0. The van der Waals surface area contributed by atoms with Gasteiger partial charge in [0.25, 0.3) is 5.91 Å². The lowest BCUT2D eigenvalue weighted by molar-refractivity contribution is 0.0821. The van der Waals surface area contributed by atoms with E-state index < -0.39 is 0 Å². The Morgan fingerprint density at radius 2 is 1.90 bits per heavy atom. The average molecular weight is 420 g/mol. The third-order valence-corrected chi connectivity index (χ3v) is 6.83. The molecular formula is C24H29N5O2. The normalized spacial score (nSPS) is 20.5. The van der Waals surface area contributed by atoms with Crippen LogP contribution >= 0.6 is 0 Å². The molecule has 0 aliphatic carbocycles. The summed E-state index contributed by atoms with van der Waals surface area (Å²) < 4.78 is 7.72. The van der Waals surface area contributed by atoms with Gasteiger partial charge in [-0.1, -0.05) is 35.5 Å². The van der Waals surface area contributed by atoms with E-state index in [1.165, 1.54) is 5.56 Å². The van der Waals surface area contributed by atoms with E-state index in [0.29, 0.717) is 17.8 Å². The number of amides is 1. The second kappa shape index (κ2) is 7.64. The highest BCUT2D eigenvalue weighted by Gasteiger charge is 2.40. The van der Waals surface area contributed by atoms with E-state index in [4.69, 9.17) is 9.51 Å². The van der Waals surface area contributed by atoms with Gasteiger partial charge in [0, 0.05) is 56.8 Å². The summed E-state index contributed by atoms with van der Waals surface area (Å²) in [5, 5.41) is 4.15. The first-order chi connectivity index (χ1) is 14.9. The van der Waals surface area contributed by atoms with Gasteiger partial charge in [0.15, 0.2) is 0 Å². The van der Waals surface area contributed by atoms with Crippen molar-refractivity contribution in [1.82, 2.24) is 24.5 Å². The summed E-state index contributed by atoms with van der Waals surface area (Å²) in [6.45, 7) is 5.68. The molecule has 162 valence electrons. The lowest BCUT2D eigenvalue weighted by Gasteiger charge is -2.27. The molecule has 1 saturated heterocycles. The quantitative estimate of drug-likeness (QED) is 0.648. The lowest BCUT2D eigenvalue weighted by atomic mass is 10.0. The van der Waals surface area contributed by atoms with E-state index in [2.05, 4.69) is 26.8 Å². The fourth-order valence-electron chi connectivity index (χ4n) is 5.11. The van der Waals surface area contributed by atoms with Gasteiger partial charge < -0.3 is 14.0 Å². The molecule has 0 unspecified atom stereocenters. The fourth-order valence-corrected chi connectivity index (χ4v) is 5.11. The van der Waals surface area contributed by atoms with Crippen molar-refractivity contribution in [3.8, 4) is 11.4 Å². The van der Waals surface area contributed by atoms with E-state index in [-0.39, 0.29) is 5.91 Å². The lowest BCUT2D eigenvalue weighted by Crippen LogP contribution is -2.37. The van der Waals surface area contributed by atoms with Gasteiger partial charge in [-0.25, -0.2) is 4.98 Å². The third kappa shape index (κ3) is 3.37. The molecule has 1 aromatic carbocycles. The van der Waals surface area contributed by atoms with Gasteiger partial charge in [0.2, 0.25) is 0 Å². The van der Waals surface area contributed by atoms with Crippen molar-refractivity contribution in [2.24, 2.45) is 0 Å². The molecule has 7 heteroatoms. The van der Waals surface area contributed by atoms with E-state index >= 15 is 0 Å². The van der Waals surface area contributed by atoms with Gasteiger partial charge in [-0.15, -0.1) is 0 Å². The highest BCUT2D eigenvalue weighted by molar-refractivity contribution is 5.94. The molecular weight excluding hydrogens is 390 g/mol. The van der Waals surface area contributed by atoms with Gasteiger partial charge >= 0.3 is 0 Å². The molecule has 0 saturated carbocycles. The Labute approximate surface area is 182 Å². The van der Waals surface area contributed by atoms with Crippen LogP contribution < -0.4 is 0 Å². The predicted octanol–water partition coefficient (Wildman–Crippen LogP) is 3.45. The highest BCUT2D eigenvalue weighted by Crippen LogP contribution is 2.37. The number of imidazole rings is 1. The smallest absolute Gasteiger partial charge is 0.273 e. The van der Waals surface area contributed by atoms with Crippen molar-refractivity contribution < 1.29 is 9.32 Å². The van der Waals surface area contributed by atoms with Crippen LogP contribution in [0.1, 0.15) is 46.0 Å². The maximum Gasteiger partial charge on any atom is 0.273 e. The zero-order valence-corrected chi connectivity index (χ0v) is 18.6. The highest BCUT2D eigenvalue weighted by atomic mass is 16.5. The number of benzene rings is 1. The number of aromatic nitrogens is 3. The van der Waals surface area contributed by atoms with Crippen LogP contribution in [0.2, 0.25) is 0 Å². The summed E-state index contributed by atoms with van der Waals surface area (Å²) in [5.74, 6) is 1.77. The Hall–Kier alpha value is -2.93. The summed E-state index contributed by atoms with van der Waals surface area (Å²) >= 11 is 0. The summed E-state index contributed by atoms with van der Waals surface area (Å²) in [5.41, 5.74) is 4.86. The van der Waals surface area contributed by atoms with Crippen LogP contribution in [0.4, 0.5) is 0 Å². The second-order valence-corrected chi connectivity index (χ2v) is 8.97. The molecule has 4 heterocycles. The van der Waals surface area contributed by atoms with Crippen molar-refractivity contribution in [3.63, 3.8) is 0 Å². The van der Waals surface area contributed by atoms with Crippen LogP contribution in [-0.4, -0.2) is 56.6 Å². The minimum absolute atomic E-state index is 0.0269. The number of aryl methyl sites for hydroxylation is 2. The SMILES string of the molecule is Cc1noc(C)c1CN1[C@@H]2CC[C@H]1Cc1c(C(=O)N(C)C)nc(-c3ccccc3)n1C2. The van der Waals surface area contributed by atoms with E-state index in [1.54, 1.807) is 19.0 Å². The Kier molecular flexibility index (Phi) is 4.93. The molecule has 31 heavy (non-hydrogen) atoms. The Bertz CT molecular complexity index is 1100. The van der Waals surface area contributed by atoms with Crippen LogP contribution in [0.15, 0.2) is 34.9 Å². The molecule has 2 atom stereocenters. The number of rotatable bonds is 4. The zero-order chi connectivity index (χ0) is 21.7. The van der Waals surface area contributed by atoms with Gasteiger partial charge in [0.05, 0.1) is 11.4 Å². The average Bonchev–Trinajstić information content (AvgIpc) is 3.36. The van der Waals surface area contributed by atoms with Gasteiger partial charge in [-0.3, -0.25) is 9.69 Å². The molecule has 0 N–H and O–H groups in total. The molecule has 0 spiro atoms. The number of hydrogen-bond donors (Lipinski definition) is 0. The Morgan fingerprint density at radius 1 is 1.16 bits per heavy atom. The second-order valence-electron chi connectivity index (χ2n) is 8.97. The molecule has 2 bridgehead atoms. The fraction of sp³-hybridized carbons (Fsp3) is 0.458. The largest absolute Gasteiger partial charge is 0.361 e. The van der Waals surface area contributed by atoms with Crippen LogP contribution in [0, 0.1) is 13.8 Å². The molecule has 1 amide bonds. The minimum atomic E-state index is -0.0269. The van der Waals surface area contributed by atoms with E-state index in [9.17, 15) is 4.79 Å². The standard InChI is InChI=1S/C24H29N5O2/c1-15-20(16(2)31-26-15)14-28-18-10-11-19(28)13-29-21(12-18)22(24(30)27(3)4)25-23(29)17-8-6-5-7-9-17/h5-9,18-19H,10-14H2,1-4H3/t18-,19+/m0/s1. The van der Waals surface area contributed by atoms with Crippen molar-refractivity contribution in [3.05, 3.63) is 58.7 Å². The Morgan fingerprint density at radius 3 is 2.58 bits per heavy atom. The maximum absolute atomic E-state index is 13.0. The minimum Gasteiger partial charge on any atom is -0.361 e. The molecule has 5 rings (SSSR count). The summed E-state index contributed by atoms with van der Waals surface area (Å²) in [6.07, 6.45) is 3.11.